The molecule has 2 aromatic rings. The van der Waals surface area contributed by atoms with Gasteiger partial charge in [0.25, 0.3) is 11.5 Å². The molecule has 1 unspecified atom stereocenters. The maximum Gasteiger partial charge on any atom is 0.430 e. The summed E-state index contributed by atoms with van der Waals surface area (Å²) in [4.78, 5) is 24.1. The van der Waals surface area contributed by atoms with Crippen LogP contribution in [0, 0.1) is 0 Å². The van der Waals surface area contributed by atoms with Crippen LogP contribution in [0.1, 0.15) is 24.1 Å². The number of aliphatic hydroxyl groups is 1. The number of carbonyl (C=O) groups excluding carboxylic acids is 2. The van der Waals surface area contributed by atoms with Crippen molar-refractivity contribution < 1.29 is 49.5 Å². The van der Waals surface area contributed by atoms with Gasteiger partial charge in [-0.25, -0.2) is 8.42 Å². The zero-order valence-electron chi connectivity index (χ0n) is 17.5. The lowest BCUT2D eigenvalue weighted by Gasteiger charge is -2.32. The van der Waals surface area contributed by atoms with E-state index in [0.29, 0.717) is 24.3 Å². The number of amides is 2. The summed E-state index contributed by atoms with van der Waals surface area (Å²) in [6, 6.07) is 5.66. The van der Waals surface area contributed by atoms with Crippen LogP contribution in [0.3, 0.4) is 0 Å². The van der Waals surface area contributed by atoms with E-state index in [1.165, 1.54) is 24.3 Å². The highest BCUT2D eigenvalue weighted by Crippen LogP contribution is 2.50. The molecule has 0 aliphatic heterocycles. The molecule has 0 aromatic heterocycles. The summed E-state index contributed by atoms with van der Waals surface area (Å²) in [5, 5.41) is 14.0. The summed E-state index contributed by atoms with van der Waals surface area (Å²) in [5.41, 5.74) is -6.72. The maximum absolute atomic E-state index is 13.0. The number of hydrogen-bond donors (Lipinski definition) is 3. The highest BCUT2D eigenvalue weighted by atomic mass is 32.2. The van der Waals surface area contributed by atoms with Gasteiger partial charge in [-0.2, -0.15) is 26.3 Å². The lowest BCUT2D eigenvalue weighted by Crippen LogP contribution is -2.53. The predicted octanol–water partition coefficient (Wildman–Crippen LogP) is 3.22. The molecule has 2 amide bonds. The molecule has 2 rings (SSSR count). The Labute approximate surface area is 189 Å². The van der Waals surface area contributed by atoms with Crippen molar-refractivity contribution in [2.45, 2.75) is 35.8 Å². The molecule has 0 aliphatic rings. The van der Waals surface area contributed by atoms with E-state index in [4.69, 9.17) is 0 Å². The second kappa shape index (κ2) is 9.25. The van der Waals surface area contributed by atoms with Gasteiger partial charge in [0.05, 0.1) is 4.90 Å². The van der Waals surface area contributed by atoms with Crippen LogP contribution in [-0.2, 0) is 25.0 Å². The molecular formula is C20H18F6N2O5S. The summed E-state index contributed by atoms with van der Waals surface area (Å²) >= 11 is 0. The van der Waals surface area contributed by atoms with Crippen molar-refractivity contribution in [2.24, 2.45) is 0 Å². The molecule has 0 aliphatic carbocycles. The quantitative estimate of drug-likeness (QED) is 0.515. The molecule has 2 aromatic carbocycles. The molecule has 14 heteroatoms. The van der Waals surface area contributed by atoms with E-state index in [1.54, 1.807) is 0 Å². The van der Waals surface area contributed by atoms with E-state index >= 15 is 0 Å². The van der Waals surface area contributed by atoms with Gasteiger partial charge in [0.15, 0.2) is 9.84 Å². The largest absolute Gasteiger partial charge is 0.430 e. The predicted molar refractivity (Wildman–Crippen MR) is 107 cm³/mol. The summed E-state index contributed by atoms with van der Waals surface area (Å²) in [6.07, 6.45) is -11.2. The van der Waals surface area contributed by atoms with Crippen LogP contribution in [0.25, 0.3) is 0 Å². The zero-order chi connectivity index (χ0) is 26.1. The van der Waals surface area contributed by atoms with Gasteiger partial charge in [0.2, 0.25) is 5.91 Å². The molecule has 3 N–H and O–H groups in total. The molecule has 0 fully saturated rings. The number of alkyl halides is 6. The Morgan fingerprint density at radius 2 is 1.35 bits per heavy atom. The van der Waals surface area contributed by atoms with Gasteiger partial charge < -0.3 is 15.7 Å². The number of halogens is 6. The van der Waals surface area contributed by atoms with E-state index < -0.39 is 51.2 Å². The van der Waals surface area contributed by atoms with Gasteiger partial charge >= 0.3 is 12.4 Å². The minimum Gasteiger partial charge on any atom is -0.369 e. The fourth-order valence-electron chi connectivity index (χ4n) is 2.91. The van der Waals surface area contributed by atoms with E-state index in [9.17, 15) is 49.5 Å². The first-order valence-electron chi connectivity index (χ1n) is 9.22. The molecule has 1 atom stereocenters. The van der Waals surface area contributed by atoms with Crippen molar-refractivity contribution >= 4 is 27.3 Å². The third-order valence-electron chi connectivity index (χ3n) is 4.64. The third kappa shape index (κ3) is 5.67. The topological polar surface area (TPSA) is 113 Å². The molecular weight excluding hydrogens is 494 g/mol. The Balaban J connectivity index is 2.34. The highest BCUT2D eigenvalue weighted by Gasteiger charge is 2.71. The summed E-state index contributed by atoms with van der Waals surface area (Å²) in [6.45, 7) is 1.09. The first-order valence-corrected chi connectivity index (χ1v) is 11.1. The Kier molecular flexibility index (Phi) is 7.38. The van der Waals surface area contributed by atoms with Crippen LogP contribution in [0.15, 0.2) is 53.4 Å². The van der Waals surface area contributed by atoms with Crippen molar-refractivity contribution in [3.05, 3.63) is 59.7 Å². The number of benzene rings is 2. The highest BCUT2D eigenvalue weighted by molar-refractivity contribution is 7.90. The van der Waals surface area contributed by atoms with Crippen LogP contribution in [0.4, 0.5) is 32.0 Å². The first-order chi connectivity index (χ1) is 15.4. The molecule has 0 bridgehead atoms. The van der Waals surface area contributed by atoms with Gasteiger partial charge in [0, 0.05) is 24.4 Å². The van der Waals surface area contributed by atoms with Crippen molar-refractivity contribution in [3.8, 4) is 0 Å². The van der Waals surface area contributed by atoms with Crippen LogP contribution >= 0.6 is 0 Å². The second-order valence-corrected chi connectivity index (χ2v) is 9.26. The van der Waals surface area contributed by atoms with Crippen LogP contribution < -0.4 is 10.6 Å². The van der Waals surface area contributed by atoms with E-state index in [1.807, 2.05) is 0 Å². The Morgan fingerprint density at radius 3 is 1.74 bits per heavy atom. The molecule has 0 heterocycles. The number of rotatable bonds is 6. The summed E-state index contributed by atoms with van der Waals surface area (Å²) in [7, 11) is -3.54. The van der Waals surface area contributed by atoms with Crippen LogP contribution in [0.5, 0.6) is 0 Å². The van der Waals surface area contributed by atoms with Gasteiger partial charge in [-0.15, -0.1) is 0 Å². The standard InChI is InChI=1S/C20H18F6N2O5S/c1-11(29)27-16(12-3-9-15(10-4-12)34(2,32)33)17(30)28-14-7-5-13(6-8-14)18(31,19(21,22)23)20(24,25)26/h3-10,16,31H,1-2H3,(H,27,29)(H,28,30). The van der Waals surface area contributed by atoms with Crippen molar-refractivity contribution in [2.75, 3.05) is 11.6 Å². The van der Waals surface area contributed by atoms with Gasteiger partial charge in [-0.3, -0.25) is 9.59 Å². The number of hydrogen-bond acceptors (Lipinski definition) is 5. The van der Waals surface area contributed by atoms with Crippen molar-refractivity contribution in [3.63, 3.8) is 0 Å². The van der Waals surface area contributed by atoms with Gasteiger partial charge in [-0.05, 0) is 29.8 Å². The lowest BCUT2D eigenvalue weighted by atomic mass is 9.92. The number of carbonyl (C=O) groups is 2. The number of sulfone groups is 1. The average molecular weight is 512 g/mol. The SMILES string of the molecule is CC(=O)NC(C(=O)Nc1ccc(C(O)(C(F)(F)F)C(F)(F)F)cc1)c1ccc(S(C)(=O)=O)cc1. The monoisotopic (exact) mass is 512 g/mol. The smallest absolute Gasteiger partial charge is 0.369 e. The summed E-state index contributed by atoms with van der Waals surface area (Å²) < 4.78 is 101. The Hall–Kier alpha value is -3.13. The van der Waals surface area contributed by atoms with E-state index in [-0.39, 0.29) is 16.1 Å². The summed E-state index contributed by atoms with van der Waals surface area (Å²) in [5.74, 6) is -1.57. The minimum atomic E-state index is -6.06. The van der Waals surface area contributed by atoms with Gasteiger partial charge in [-0.1, -0.05) is 24.3 Å². The van der Waals surface area contributed by atoms with Crippen molar-refractivity contribution in [1.82, 2.24) is 5.32 Å². The Morgan fingerprint density at radius 1 is 0.882 bits per heavy atom. The molecule has 7 nitrogen and oxygen atoms in total. The van der Waals surface area contributed by atoms with Crippen LogP contribution in [0.2, 0.25) is 0 Å². The number of anilines is 1. The Bertz CT molecular complexity index is 1150. The second-order valence-electron chi connectivity index (χ2n) is 7.25. The fourth-order valence-corrected chi connectivity index (χ4v) is 3.54. The molecule has 186 valence electrons. The maximum atomic E-state index is 13.0. The molecule has 0 spiro atoms. The first kappa shape index (κ1) is 27.1. The molecule has 34 heavy (non-hydrogen) atoms. The molecule has 0 saturated carbocycles. The van der Waals surface area contributed by atoms with Crippen LogP contribution in [-0.4, -0.2) is 43.9 Å². The average Bonchev–Trinajstić information content (AvgIpc) is 2.69. The normalized spacial score (nSPS) is 13.8. The van der Waals surface area contributed by atoms with E-state index in [0.717, 1.165) is 13.2 Å². The number of nitrogens with one attached hydrogen (secondary N) is 2. The van der Waals surface area contributed by atoms with E-state index in [2.05, 4.69) is 10.6 Å². The molecule has 0 radical (unpaired) electrons. The third-order valence-corrected chi connectivity index (χ3v) is 5.77. The van der Waals surface area contributed by atoms with Crippen molar-refractivity contribution in [1.29, 1.82) is 0 Å². The lowest BCUT2D eigenvalue weighted by molar-refractivity contribution is -0.376. The fraction of sp³-hybridized carbons (Fsp3) is 0.300. The molecule has 0 saturated heterocycles. The van der Waals surface area contributed by atoms with Gasteiger partial charge in [0.1, 0.15) is 6.04 Å². The zero-order valence-corrected chi connectivity index (χ0v) is 18.3. The minimum absolute atomic E-state index is 0.0596.